The number of amides is 2. The van der Waals surface area contributed by atoms with Crippen molar-refractivity contribution in [3.63, 3.8) is 0 Å². The number of likely N-dealkylation sites (tertiary alicyclic amines) is 3. The van der Waals surface area contributed by atoms with Crippen molar-refractivity contribution >= 4 is 11.8 Å². The van der Waals surface area contributed by atoms with Gasteiger partial charge in [0.1, 0.15) is 11.5 Å². The highest BCUT2D eigenvalue weighted by Gasteiger charge is 2.50. The van der Waals surface area contributed by atoms with Gasteiger partial charge in [-0.1, -0.05) is 0 Å². The molecule has 7 heteroatoms. The lowest BCUT2D eigenvalue weighted by Crippen LogP contribution is -2.61. The molecular formula is C24H35N3O4. The zero-order valence-electron chi connectivity index (χ0n) is 19.1. The molecule has 1 aromatic carbocycles. The molecule has 0 bridgehead atoms. The molecule has 0 aliphatic carbocycles. The predicted molar refractivity (Wildman–Crippen MR) is 119 cm³/mol. The van der Waals surface area contributed by atoms with E-state index in [4.69, 9.17) is 9.47 Å². The van der Waals surface area contributed by atoms with E-state index in [1.54, 1.807) is 32.4 Å². The standard InChI is InChI=1S/C24H35N3O4/c1-25-12-6-9-24(21(25)23(29)26-13-4-5-14-26)10-15-27(16-11-24)22(28)19-8-7-18(30-2)17-20(19)31-3/h7-8,17,21H,4-6,9-16H2,1-3H3. The largest absolute Gasteiger partial charge is 0.497 e. The first kappa shape index (κ1) is 21.9. The van der Waals surface area contributed by atoms with Gasteiger partial charge in [0.2, 0.25) is 5.91 Å². The molecule has 1 unspecified atom stereocenters. The van der Waals surface area contributed by atoms with Crippen LogP contribution in [0.1, 0.15) is 48.9 Å². The molecule has 1 atom stereocenters. The fourth-order valence-electron chi connectivity index (χ4n) is 5.80. The second kappa shape index (κ2) is 9.07. The average molecular weight is 430 g/mol. The van der Waals surface area contributed by atoms with Crippen LogP contribution in [0, 0.1) is 5.41 Å². The van der Waals surface area contributed by atoms with Crippen LogP contribution in [0.15, 0.2) is 18.2 Å². The number of carbonyl (C=O) groups excluding carboxylic acids is 2. The molecule has 170 valence electrons. The van der Waals surface area contributed by atoms with Gasteiger partial charge in [0, 0.05) is 32.2 Å². The maximum absolute atomic E-state index is 13.4. The molecule has 3 heterocycles. The Morgan fingerprint density at radius 3 is 2.26 bits per heavy atom. The molecule has 0 aromatic heterocycles. The number of rotatable bonds is 4. The second-order valence-electron chi connectivity index (χ2n) is 9.24. The second-order valence-corrected chi connectivity index (χ2v) is 9.24. The summed E-state index contributed by atoms with van der Waals surface area (Å²) < 4.78 is 10.7. The zero-order valence-corrected chi connectivity index (χ0v) is 19.1. The van der Waals surface area contributed by atoms with Gasteiger partial charge in [-0.3, -0.25) is 14.5 Å². The van der Waals surface area contributed by atoms with Crippen molar-refractivity contribution in [1.29, 1.82) is 0 Å². The van der Waals surface area contributed by atoms with Crippen LogP contribution in [0.4, 0.5) is 0 Å². The Labute approximate surface area is 185 Å². The third-order valence-corrected chi connectivity index (χ3v) is 7.54. The fourth-order valence-corrected chi connectivity index (χ4v) is 5.80. The average Bonchev–Trinajstić information content (AvgIpc) is 3.33. The van der Waals surface area contributed by atoms with Crippen LogP contribution in [-0.2, 0) is 4.79 Å². The molecule has 3 aliphatic heterocycles. The fraction of sp³-hybridized carbons (Fsp3) is 0.667. The Morgan fingerprint density at radius 1 is 0.903 bits per heavy atom. The summed E-state index contributed by atoms with van der Waals surface area (Å²) in [5.74, 6) is 1.49. The van der Waals surface area contributed by atoms with Gasteiger partial charge in [0.05, 0.1) is 25.8 Å². The summed E-state index contributed by atoms with van der Waals surface area (Å²) in [6, 6.07) is 5.26. The van der Waals surface area contributed by atoms with Gasteiger partial charge in [-0.05, 0) is 69.7 Å². The van der Waals surface area contributed by atoms with E-state index in [1.165, 1.54) is 0 Å². The van der Waals surface area contributed by atoms with Gasteiger partial charge in [0.25, 0.3) is 5.91 Å². The highest BCUT2D eigenvalue weighted by molar-refractivity contribution is 5.97. The maximum Gasteiger partial charge on any atom is 0.257 e. The Kier molecular flexibility index (Phi) is 6.42. The van der Waals surface area contributed by atoms with E-state index in [9.17, 15) is 9.59 Å². The molecule has 3 aliphatic rings. The van der Waals surface area contributed by atoms with Gasteiger partial charge in [0.15, 0.2) is 0 Å². The highest BCUT2D eigenvalue weighted by atomic mass is 16.5. The van der Waals surface area contributed by atoms with E-state index in [1.807, 2.05) is 4.90 Å². The van der Waals surface area contributed by atoms with Crippen LogP contribution < -0.4 is 9.47 Å². The normalized spacial score (nSPS) is 23.8. The molecule has 4 rings (SSSR count). The Balaban J connectivity index is 1.49. The molecule has 3 saturated heterocycles. The minimum atomic E-state index is -0.0628. The van der Waals surface area contributed by atoms with Crippen LogP contribution in [0.2, 0.25) is 0 Å². The smallest absolute Gasteiger partial charge is 0.257 e. The SMILES string of the molecule is COc1ccc(C(=O)N2CCC3(CCCN(C)C3C(=O)N3CCCC3)CC2)c(OC)c1. The van der Waals surface area contributed by atoms with Gasteiger partial charge >= 0.3 is 0 Å². The Hall–Kier alpha value is -2.28. The first-order valence-corrected chi connectivity index (χ1v) is 11.5. The Morgan fingerprint density at radius 2 is 1.61 bits per heavy atom. The molecule has 31 heavy (non-hydrogen) atoms. The summed E-state index contributed by atoms with van der Waals surface area (Å²) in [5.41, 5.74) is 0.526. The van der Waals surface area contributed by atoms with Gasteiger partial charge in [-0.2, -0.15) is 0 Å². The molecule has 0 saturated carbocycles. The van der Waals surface area contributed by atoms with Crippen molar-refractivity contribution in [3.8, 4) is 11.5 Å². The number of hydrogen-bond donors (Lipinski definition) is 0. The Bertz CT molecular complexity index is 813. The molecule has 3 fully saturated rings. The third kappa shape index (κ3) is 4.12. The van der Waals surface area contributed by atoms with E-state index < -0.39 is 0 Å². The molecule has 7 nitrogen and oxygen atoms in total. The van der Waals surface area contributed by atoms with Crippen molar-refractivity contribution in [2.24, 2.45) is 5.41 Å². The minimum Gasteiger partial charge on any atom is -0.497 e. The summed E-state index contributed by atoms with van der Waals surface area (Å²) in [6.07, 6.45) is 6.13. The van der Waals surface area contributed by atoms with Crippen LogP contribution >= 0.6 is 0 Å². The van der Waals surface area contributed by atoms with E-state index >= 15 is 0 Å². The number of hydrogen-bond acceptors (Lipinski definition) is 5. The lowest BCUT2D eigenvalue weighted by atomic mass is 9.66. The van der Waals surface area contributed by atoms with E-state index in [-0.39, 0.29) is 17.4 Å². The lowest BCUT2D eigenvalue weighted by Gasteiger charge is -2.52. The van der Waals surface area contributed by atoms with Crippen molar-refractivity contribution in [3.05, 3.63) is 23.8 Å². The summed E-state index contributed by atoms with van der Waals surface area (Å²) >= 11 is 0. The number of carbonyl (C=O) groups is 2. The van der Waals surface area contributed by atoms with Crippen LogP contribution in [0.25, 0.3) is 0 Å². The van der Waals surface area contributed by atoms with Crippen LogP contribution in [0.5, 0.6) is 11.5 Å². The van der Waals surface area contributed by atoms with Crippen molar-refractivity contribution in [1.82, 2.24) is 14.7 Å². The highest BCUT2D eigenvalue weighted by Crippen LogP contribution is 2.45. The molecule has 1 aromatic rings. The summed E-state index contributed by atoms with van der Waals surface area (Å²) in [7, 11) is 5.27. The number of likely N-dealkylation sites (N-methyl/N-ethyl adjacent to an activating group) is 1. The van der Waals surface area contributed by atoms with Crippen molar-refractivity contribution < 1.29 is 19.1 Å². The van der Waals surface area contributed by atoms with Gasteiger partial charge in [-0.15, -0.1) is 0 Å². The van der Waals surface area contributed by atoms with Gasteiger partial charge < -0.3 is 19.3 Å². The molecule has 2 amide bonds. The number of benzene rings is 1. The van der Waals surface area contributed by atoms with Crippen LogP contribution in [-0.4, -0.2) is 86.5 Å². The third-order valence-electron chi connectivity index (χ3n) is 7.54. The number of nitrogens with zero attached hydrogens (tertiary/aromatic N) is 3. The maximum atomic E-state index is 13.4. The molecule has 0 radical (unpaired) electrons. The van der Waals surface area contributed by atoms with Crippen molar-refractivity contribution in [2.75, 3.05) is 54.0 Å². The van der Waals surface area contributed by atoms with E-state index in [0.717, 1.165) is 58.2 Å². The van der Waals surface area contributed by atoms with Gasteiger partial charge in [-0.25, -0.2) is 0 Å². The van der Waals surface area contributed by atoms with Crippen LogP contribution in [0.3, 0.4) is 0 Å². The summed E-state index contributed by atoms with van der Waals surface area (Å²) in [6.45, 7) is 4.09. The first-order valence-electron chi connectivity index (χ1n) is 11.5. The van der Waals surface area contributed by atoms with E-state index in [0.29, 0.717) is 36.1 Å². The minimum absolute atomic E-state index is 0.0130. The topological polar surface area (TPSA) is 62.3 Å². The monoisotopic (exact) mass is 429 g/mol. The molecule has 1 spiro atoms. The number of ether oxygens (including phenoxy) is 2. The lowest BCUT2D eigenvalue weighted by molar-refractivity contribution is -0.145. The summed E-state index contributed by atoms with van der Waals surface area (Å²) in [4.78, 5) is 33.0. The molecule has 0 N–H and O–H groups in total. The number of methoxy groups -OCH3 is 2. The zero-order chi connectivity index (χ0) is 22.0. The predicted octanol–water partition coefficient (Wildman–Crippen LogP) is 2.64. The van der Waals surface area contributed by atoms with E-state index in [2.05, 4.69) is 16.8 Å². The molecular weight excluding hydrogens is 394 g/mol. The summed E-state index contributed by atoms with van der Waals surface area (Å²) in [5, 5.41) is 0. The quantitative estimate of drug-likeness (QED) is 0.736. The number of piperidine rings is 2. The first-order chi connectivity index (χ1) is 15.0. The van der Waals surface area contributed by atoms with Crippen molar-refractivity contribution in [2.45, 2.75) is 44.6 Å².